The second-order valence-electron chi connectivity index (χ2n) is 7.09. The van der Waals surface area contributed by atoms with E-state index in [1.54, 1.807) is 32.3 Å². The van der Waals surface area contributed by atoms with Gasteiger partial charge in [-0.05, 0) is 61.9 Å². The van der Waals surface area contributed by atoms with Crippen molar-refractivity contribution in [1.82, 2.24) is 5.32 Å². The van der Waals surface area contributed by atoms with Crippen LogP contribution in [0.1, 0.15) is 29.3 Å². The van der Waals surface area contributed by atoms with Crippen LogP contribution in [0, 0.1) is 0 Å². The number of carbonyl (C=O) groups excluding carboxylic acids is 2. The number of hydrogen-bond acceptors (Lipinski definition) is 5. The van der Waals surface area contributed by atoms with Crippen molar-refractivity contribution in [3.63, 3.8) is 0 Å². The molecule has 37 heavy (non-hydrogen) atoms. The molecule has 0 aromatic heterocycles. The van der Waals surface area contributed by atoms with Crippen LogP contribution in [0.2, 0.25) is 5.02 Å². The Morgan fingerprint density at radius 1 is 1.08 bits per heavy atom. The van der Waals surface area contributed by atoms with Gasteiger partial charge in [-0.3, -0.25) is 4.79 Å². The van der Waals surface area contributed by atoms with E-state index in [1.807, 2.05) is 38.0 Å². The zero-order valence-electron chi connectivity index (χ0n) is 20.5. The van der Waals surface area contributed by atoms with Gasteiger partial charge in [-0.15, -0.1) is 0 Å². The summed E-state index contributed by atoms with van der Waals surface area (Å²) in [6.45, 7) is 4.04. The molecule has 11 heteroatoms. The number of amides is 1. The van der Waals surface area contributed by atoms with E-state index in [4.69, 9.17) is 21.5 Å². The molecule has 1 amide bonds. The van der Waals surface area contributed by atoms with Crippen LogP contribution in [0.5, 0.6) is 0 Å². The fourth-order valence-electron chi connectivity index (χ4n) is 2.66. The number of nitrogens with one attached hydrogen (secondary N) is 3. The average molecular weight is 540 g/mol. The third kappa shape index (κ3) is 13.0. The average Bonchev–Trinajstić information content (AvgIpc) is 3.09. The monoisotopic (exact) mass is 539 g/mol. The van der Waals surface area contributed by atoms with Gasteiger partial charge < -0.3 is 25.9 Å². The number of alkyl halides is 3. The van der Waals surface area contributed by atoms with Gasteiger partial charge >= 0.3 is 12.1 Å². The molecule has 0 unspecified atom stereocenters. The number of carboxylic acids is 1. The van der Waals surface area contributed by atoms with E-state index in [0.29, 0.717) is 17.7 Å². The molecule has 0 atom stereocenters. The highest BCUT2D eigenvalue weighted by Gasteiger charge is 2.33. The van der Waals surface area contributed by atoms with E-state index in [9.17, 15) is 22.8 Å². The maximum Gasteiger partial charge on any atom is 0.417 e. The molecule has 0 saturated heterocycles. The second-order valence-corrected chi connectivity index (χ2v) is 7.49. The lowest BCUT2D eigenvalue weighted by atomic mass is 10.2. The van der Waals surface area contributed by atoms with Gasteiger partial charge in [0.05, 0.1) is 16.1 Å². The number of carboxylic acid groups (broad SMARTS) is 1. The molecule has 4 N–H and O–H groups in total. The summed E-state index contributed by atoms with van der Waals surface area (Å²) >= 11 is 5.39. The molecule has 200 valence electrons. The summed E-state index contributed by atoms with van der Waals surface area (Å²) in [7, 11) is 3.30. The molecule has 0 fully saturated rings. The van der Waals surface area contributed by atoms with Gasteiger partial charge in [0.15, 0.2) is 0 Å². The Morgan fingerprint density at radius 3 is 2.24 bits per heavy atom. The lowest BCUT2D eigenvalue weighted by molar-refractivity contribution is -0.137. The minimum absolute atomic E-state index is 0.286. The number of halogens is 4. The van der Waals surface area contributed by atoms with Crippen molar-refractivity contribution in [3.8, 4) is 0 Å². The SMILES string of the molecule is C=O.CC1=CC(NC=O)=CC=CC1.CNc1ccc(Cl)c(C(F)(F)F)c1.CNc1cccc(C(=O)O)c1. The van der Waals surface area contributed by atoms with Crippen molar-refractivity contribution in [2.24, 2.45) is 0 Å². The molecular formula is C26H29ClF3N3O4. The van der Waals surface area contributed by atoms with Crippen molar-refractivity contribution in [3.05, 3.63) is 94.2 Å². The quantitative estimate of drug-likeness (QED) is 0.339. The highest BCUT2D eigenvalue weighted by molar-refractivity contribution is 6.31. The number of anilines is 2. The maximum atomic E-state index is 12.3. The minimum atomic E-state index is -4.40. The van der Waals surface area contributed by atoms with Gasteiger partial charge in [-0.1, -0.05) is 35.4 Å². The first kappa shape index (κ1) is 33.0. The Morgan fingerprint density at radius 2 is 1.70 bits per heavy atom. The van der Waals surface area contributed by atoms with E-state index >= 15 is 0 Å². The Labute approximate surface area is 218 Å². The normalized spacial score (nSPS) is 11.8. The summed E-state index contributed by atoms with van der Waals surface area (Å²) in [6, 6.07) is 10.3. The molecule has 0 heterocycles. The fourth-order valence-corrected chi connectivity index (χ4v) is 2.89. The van der Waals surface area contributed by atoms with Crippen LogP contribution in [0.15, 0.2) is 78.0 Å². The van der Waals surface area contributed by atoms with Crippen LogP contribution in [0.4, 0.5) is 24.5 Å². The molecule has 0 bridgehead atoms. The Hall–Kier alpha value is -4.05. The number of carbonyl (C=O) groups is 3. The molecule has 2 aromatic rings. The van der Waals surface area contributed by atoms with Crippen molar-refractivity contribution in [1.29, 1.82) is 0 Å². The zero-order valence-corrected chi connectivity index (χ0v) is 21.3. The van der Waals surface area contributed by atoms with Crippen LogP contribution in [0.3, 0.4) is 0 Å². The van der Waals surface area contributed by atoms with Crippen molar-refractivity contribution >= 4 is 42.1 Å². The van der Waals surface area contributed by atoms with Crippen molar-refractivity contribution in [2.75, 3.05) is 24.7 Å². The van der Waals surface area contributed by atoms with Gasteiger partial charge in [0.1, 0.15) is 6.79 Å². The first-order valence-corrected chi connectivity index (χ1v) is 11.0. The zero-order chi connectivity index (χ0) is 28.4. The molecule has 2 aromatic carbocycles. The highest BCUT2D eigenvalue weighted by atomic mass is 35.5. The largest absolute Gasteiger partial charge is 0.478 e. The highest BCUT2D eigenvalue weighted by Crippen LogP contribution is 2.35. The number of allylic oxidation sites excluding steroid dienone is 5. The first-order chi connectivity index (χ1) is 17.5. The third-order valence-corrected chi connectivity index (χ3v) is 4.77. The summed E-state index contributed by atoms with van der Waals surface area (Å²) in [5.74, 6) is -0.901. The topological polar surface area (TPSA) is 108 Å². The molecule has 3 rings (SSSR count). The van der Waals surface area contributed by atoms with Crippen LogP contribution in [-0.2, 0) is 15.8 Å². The lowest BCUT2D eigenvalue weighted by Crippen LogP contribution is -2.07. The summed E-state index contributed by atoms with van der Waals surface area (Å²) in [6.07, 6.45) is 5.10. The fraction of sp³-hybridized carbons (Fsp3) is 0.192. The smallest absolute Gasteiger partial charge is 0.417 e. The van der Waals surface area contributed by atoms with E-state index < -0.39 is 17.7 Å². The molecule has 0 radical (unpaired) electrons. The summed E-state index contributed by atoms with van der Waals surface area (Å²) < 4.78 is 36.8. The van der Waals surface area contributed by atoms with Crippen LogP contribution in [-0.4, -0.2) is 38.4 Å². The Bertz CT molecular complexity index is 1120. The summed E-state index contributed by atoms with van der Waals surface area (Å²) in [4.78, 5) is 28.5. The first-order valence-electron chi connectivity index (χ1n) is 10.6. The maximum absolute atomic E-state index is 12.3. The van der Waals surface area contributed by atoms with E-state index in [-0.39, 0.29) is 5.02 Å². The lowest BCUT2D eigenvalue weighted by Gasteiger charge is -2.10. The third-order valence-electron chi connectivity index (χ3n) is 4.44. The van der Waals surface area contributed by atoms with Gasteiger partial charge in [0, 0.05) is 31.2 Å². The predicted octanol–water partition coefficient (Wildman–Crippen LogP) is 6.16. The van der Waals surface area contributed by atoms with E-state index in [1.165, 1.54) is 17.7 Å². The van der Waals surface area contributed by atoms with E-state index in [0.717, 1.165) is 23.9 Å². The van der Waals surface area contributed by atoms with E-state index in [2.05, 4.69) is 22.0 Å². The molecule has 0 spiro atoms. The van der Waals surface area contributed by atoms with Gasteiger partial charge in [0.25, 0.3) is 0 Å². The second kappa shape index (κ2) is 17.4. The summed E-state index contributed by atoms with van der Waals surface area (Å²) in [5, 5.41) is 16.4. The van der Waals surface area contributed by atoms with Gasteiger partial charge in [-0.25, -0.2) is 4.79 Å². The Kier molecular flexibility index (Phi) is 15.5. The molecule has 0 saturated carbocycles. The van der Waals surface area contributed by atoms with Crippen LogP contribution < -0.4 is 16.0 Å². The minimum Gasteiger partial charge on any atom is -0.478 e. The van der Waals surface area contributed by atoms with Gasteiger partial charge in [0.2, 0.25) is 6.41 Å². The number of hydrogen-bond donors (Lipinski definition) is 4. The Balaban J connectivity index is 0.000000510. The van der Waals surface area contributed by atoms with Crippen molar-refractivity contribution in [2.45, 2.75) is 19.5 Å². The standard InChI is InChI=1S/C9H11NO.C8H7ClF3N.C8H9NO2.CH2O/c1-8-4-2-3-5-9(6-8)10-7-11;1-13-5-2-3-7(9)6(4-5)8(10,11)12;1-9-7-4-2-3-6(5-7)8(10)11;1-2/h2-3,5-7H,4H2,1H3,(H,10,11);2-4,13H,1H3;2-5,9H,1H3,(H,10,11);1H2. The van der Waals surface area contributed by atoms with Crippen molar-refractivity contribution < 1.29 is 32.7 Å². The predicted molar refractivity (Wildman–Crippen MR) is 141 cm³/mol. The summed E-state index contributed by atoms with van der Waals surface area (Å²) in [5.41, 5.74) is 2.78. The number of aromatic carboxylic acids is 1. The molecule has 0 aliphatic heterocycles. The molecule has 7 nitrogen and oxygen atoms in total. The molecular weight excluding hydrogens is 511 g/mol. The molecule has 1 aliphatic rings. The molecule has 1 aliphatic carbocycles. The number of benzene rings is 2. The van der Waals surface area contributed by atoms with Crippen LogP contribution >= 0.6 is 11.6 Å². The van der Waals surface area contributed by atoms with Crippen LogP contribution in [0.25, 0.3) is 0 Å². The van der Waals surface area contributed by atoms with Gasteiger partial charge in [-0.2, -0.15) is 13.2 Å². The number of rotatable bonds is 5.